The molecule has 0 radical (unpaired) electrons. The highest BCUT2D eigenvalue weighted by atomic mass is 16.1. The van der Waals surface area contributed by atoms with Crippen LogP contribution in [0.3, 0.4) is 0 Å². The Morgan fingerprint density at radius 1 is 1.33 bits per heavy atom. The molecule has 1 aromatic carbocycles. The minimum atomic E-state index is -0.0491. The Kier molecular flexibility index (Phi) is 5.29. The van der Waals surface area contributed by atoms with Crippen molar-refractivity contribution < 1.29 is 4.79 Å². The molecule has 1 fully saturated rings. The highest BCUT2D eigenvalue weighted by Gasteiger charge is 2.21. The summed E-state index contributed by atoms with van der Waals surface area (Å²) in [6.07, 6.45) is 4.00. The molecule has 1 saturated heterocycles. The van der Waals surface area contributed by atoms with Crippen LogP contribution in [0.25, 0.3) is 0 Å². The average Bonchev–Trinajstić information content (AvgIpc) is 3.15. The molecule has 2 aromatic rings. The second kappa shape index (κ2) is 7.80. The van der Waals surface area contributed by atoms with Gasteiger partial charge in [0.15, 0.2) is 0 Å². The van der Waals surface area contributed by atoms with Gasteiger partial charge in [-0.2, -0.15) is 5.26 Å². The lowest BCUT2D eigenvalue weighted by molar-refractivity contribution is 0.0926. The number of benzene rings is 1. The van der Waals surface area contributed by atoms with Crippen LogP contribution in [0.15, 0.2) is 42.6 Å². The second-order valence-electron chi connectivity index (χ2n) is 6.31. The van der Waals surface area contributed by atoms with Crippen LogP contribution in [0.4, 0.5) is 0 Å². The number of rotatable bonds is 5. The lowest BCUT2D eigenvalue weighted by Gasteiger charge is -2.33. The number of piperidine rings is 1. The number of nitrogens with zero attached hydrogens (tertiary/aromatic N) is 2. The van der Waals surface area contributed by atoms with Gasteiger partial charge in [0, 0.05) is 25.8 Å². The lowest BCUT2D eigenvalue weighted by Crippen LogP contribution is -2.40. The third-order valence-corrected chi connectivity index (χ3v) is 4.53. The topological polar surface area (TPSA) is 71.9 Å². The summed E-state index contributed by atoms with van der Waals surface area (Å²) in [5, 5.41) is 12.2. The fourth-order valence-electron chi connectivity index (χ4n) is 3.27. The lowest BCUT2D eigenvalue weighted by atomic mass is 9.97. The molecule has 1 amide bonds. The molecule has 5 nitrogen and oxygen atoms in total. The van der Waals surface area contributed by atoms with Gasteiger partial charge in [0.1, 0.15) is 5.69 Å². The summed E-state index contributed by atoms with van der Waals surface area (Å²) in [5.74, 6) is 0.402. The Bertz CT molecular complexity index is 717. The Balaban J connectivity index is 1.53. The number of nitrogens with one attached hydrogen (secondary N) is 2. The molecule has 0 saturated carbocycles. The quantitative estimate of drug-likeness (QED) is 0.888. The van der Waals surface area contributed by atoms with E-state index in [2.05, 4.69) is 21.3 Å². The molecule has 2 N–H and O–H groups in total. The van der Waals surface area contributed by atoms with Gasteiger partial charge in [0.25, 0.3) is 5.91 Å². The van der Waals surface area contributed by atoms with E-state index in [0.717, 1.165) is 43.6 Å². The monoisotopic (exact) mass is 322 g/mol. The van der Waals surface area contributed by atoms with E-state index in [-0.39, 0.29) is 5.91 Å². The highest BCUT2D eigenvalue weighted by molar-refractivity contribution is 5.92. The van der Waals surface area contributed by atoms with Crippen LogP contribution in [0.1, 0.15) is 34.5 Å². The summed E-state index contributed by atoms with van der Waals surface area (Å²) in [4.78, 5) is 17.3. The number of aromatic amines is 1. The fraction of sp³-hybridized carbons (Fsp3) is 0.368. The summed E-state index contributed by atoms with van der Waals surface area (Å²) in [6.45, 7) is 3.48. The van der Waals surface area contributed by atoms with E-state index in [9.17, 15) is 10.1 Å². The summed E-state index contributed by atoms with van der Waals surface area (Å²) in [6, 6.07) is 13.6. The molecule has 1 aliphatic heterocycles. The number of hydrogen-bond donors (Lipinski definition) is 2. The van der Waals surface area contributed by atoms with Gasteiger partial charge < -0.3 is 10.3 Å². The number of likely N-dealkylation sites (tertiary alicyclic amines) is 1. The SMILES string of the molecule is N#Cc1ccccc1CN1CCC[C@H](CNC(=O)c2ccc[nH]2)C1. The molecule has 124 valence electrons. The van der Waals surface area contributed by atoms with Crippen molar-refractivity contribution in [3.8, 4) is 6.07 Å². The molecular formula is C19H22N4O. The number of H-pyrrole nitrogens is 1. The number of hydrogen-bond acceptors (Lipinski definition) is 3. The van der Waals surface area contributed by atoms with E-state index in [1.165, 1.54) is 0 Å². The normalized spacial score (nSPS) is 18.0. The zero-order chi connectivity index (χ0) is 16.8. The van der Waals surface area contributed by atoms with Crippen LogP contribution >= 0.6 is 0 Å². The van der Waals surface area contributed by atoms with Crippen LogP contribution in [0.5, 0.6) is 0 Å². The van der Waals surface area contributed by atoms with Crippen LogP contribution in [0, 0.1) is 17.2 Å². The average molecular weight is 322 g/mol. The number of carbonyl (C=O) groups is 1. The maximum atomic E-state index is 12.0. The molecule has 0 aliphatic carbocycles. The number of nitriles is 1. The van der Waals surface area contributed by atoms with Crippen LogP contribution in [-0.2, 0) is 6.54 Å². The molecule has 3 rings (SSSR count). The van der Waals surface area contributed by atoms with E-state index in [0.29, 0.717) is 18.2 Å². The Morgan fingerprint density at radius 3 is 3.00 bits per heavy atom. The first-order valence-electron chi connectivity index (χ1n) is 8.38. The molecule has 1 atom stereocenters. The first-order chi connectivity index (χ1) is 11.8. The van der Waals surface area contributed by atoms with Crippen LogP contribution in [-0.4, -0.2) is 35.4 Å². The predicted molar refractivity (Wildman–Crippen MR) is 92.3 cm³/mol. The van der Waals surface area contributed by atoms with Gasteiger partial charge in [-0.1, -0.05) is 18.2 Å². The van der Waals surface area contributed by atoms with E-state index in [1.807, 2.05) is 30.3 Å². The minimum Gasteiger partial charge on any atom is -0.357 e. The number of amides is 1. The van der Waals surface area contributed by atoms with Gasteiger partial charge in [-0.05, 0) is 49.1 Å². The Morgan fingerprint density at radius 2 is 2.21 bits per heavy atom. The zero-order valence-electron chi connectivity index (χ0n) is 13.7. The smallest absolute Gasteiger partial charge is 0.267 e. The maximum Gasteiger partial charge on any atom is 0.267 e. The largest absolute Gasteiger partial charge is 0.357 e. The van der Waals surface area contributed by atoms with E-state index >= 15 is 0 Å². The zero-order valence-corrected chi connectivity index (χ0v) is 13.7. The van der Waals surface area contributed by atoms with E-state index in [4.69, 9.17) is 0 Å². The molecule has 5 heteroatoms. The number of aromatic nitrogens is 1. The summed E-state index contributed by atoms with van der Waals surface area (Å²) >= 11 is 0. The van der Waals surface area contributed by atoms with Gasteiger partial charge >= 0.3 is 0 Å². The summed E-state index contributed by atoms with van der Waals surface area (Å²) in [5.41, 5.74) is 2.43. The van der Waals surface area contributed by atoms with Crippen molar-refractivity contribution in [2.75, 3.05) is 19.6 Å². The molecule has 0 bridgehead atoms. The van der Waals surface area contributed by atoms with Crippen LogP contribution < -0.4 is 5.32 Å². The van der Waals surface area contributed by atoms with E-state index < -0.39 is 0 Å². The van der Waals surface area contributed by atoms with Crippen molar-refractivity contribution in [1.82, 2.24) is 15.2 Å². The summed E-state index contributed by atoms with van der Waals surface area (Å²) < 4.78 is 0. The highest BCUT2D eigenvalue weighted by Crippen LogP contribution is 2.19. The molecule has 0 spiro atoms. The Hall–Kier alpha value is -2.58. The third kappa shape index (κ3) is 4.03. The van der Waals surface area contributed by atoms with Gasteiger partial charge in [0.05, 0.1) is 11.6 Å². The molecule has 1 aliphatic rings. The minimum absolute atomic E-state index is 0.0491. The first-order valence-corrected chi connectivity index (χ1v) is 8.38. The van der Waals surface area contributed by atoms with Gasteiger partial charge in [-0.15, -0.1) is 0 Å². The predicted octanol–water partition coefficient (Wildman–Crippen LogP) is 2.53. The van der Waals surface area contributed by atoms with Crippen molar-refractivity contribution in [1.29, 1.82) is 5.26 Å². The number of carbonyl (C=O) groups excluding carboxylic acids is 1. The summed E-state index contributed by atoms with van der Waals surface area (Å²) in [7, 11) is 0. The molecular weight excluding hydrogens is 300 g/mol. The molecule has 0 unspecified atom stereocenters. The van der Waals surface area contributed by atoms with Crippen molar-refractivity contribution >= 4 is 5.91 Å². The Labute approximate surface area is 142 Å². The van der Waals surface area contributed by atoms with Crippen molar-refractivity contribution in [3.05, 3.63) is 59.4 Å². The maximum absolute atomic E-state index is 12.0. The molecule has 24 heavy (non-hydrogen) atoms. The van der Waals surface area contributed by atoms with Gasteiger partial charge in [-0.3, -0.25) is 9.69 Å². The van der Waals surface area contributed by atoms with E-state index in [1.54, 1.807) is 12.3 Å². The first kappa shape index (κ1) is 16.3. The molecule has 1 aromatic heterocycles. The van der Waals surface area contributed by atoms with Gasteiger partial charge in [0.2, 0.25) is 0 Å². The van der Waals surface area contributed by atoms with Crippen molar-refractivity contribution in [2.45, 2.75) is 19.4 Å². The third-order valence-electron chi connectivity index (χ3n) is 4.53. The van der Waals surface area contributed by atoms with Crippen molar-refractivity contribution in [2.24, 2.45) is 5.92 Å². The standard InChI is InChI=1S/C19H22N4O/c20-11-16-6-1-2-7-17(16)14-23-10-4-5-15(13-23)12-22-19(24)18-8-3-9-21-18/h1-3,6-9,15,21H,4-5,10,12-14H2,(H,22,24)/t15-/m1/s1. The van der Waals surface area contributed by atoms with Crippen molar-refractivity contribution in [3.63, 3.8) is 0 Å². The van der Waals surface area contributed by atoms with Gasteiger partial charge in [-0.25, -0.2) is 0 Å². The fourth-order valence-corrected chi connectivity index (χ4v) is 3.27. The molecule has 2 heterocycles. The second-order valence-corrected chi connectivity index (χ2v) is 6.31. The van der Waals surface area contributed by atoms with Crippen LogP contribution in [0.2, 0.25) is 0 Å².